The van der Waals surface area contributed by atoms with Crippen LogP contribution in [-0.2, 0) is 4.79 Å². The van der Waals surface area contributed by atoms with Gasteiger partial charge in [0, 0.05) is 12.0 Å². The Labute approximate surface area is 102 Å². The van der Waals surface area contributed by atoms with E-state index in [4.69, 9.17) is 4.74 Å². The number of carbonyl (C=O) groups is 1. The van der Waals surface area contributed by atoms with Gasteiger partial charge in [0.25, 0.3) is 0 Å². The molecule has 0 fully saturated rings. The molecule has 0 aliphatic rings. The summed E-state index contributed by atoms with van der Waals surface area (Å²) in [6, 6.07) is 7.50. The van der Waals surface area contributed by atoms with Gasteiger partial charge in [0.05, 0.1) is 13.7 Å². The van der Waals surface area contributed by atoms with Gasteiger partial charge in [-0.05, 0) is 30.7 Å². The summed E-state index contributed by atoms with van der Waals surface area (Å²) in [4.78, 5) is 11.1. The Morgan fingerprint density at radius 3 is 2.65 bits per heavy atom. The van der Waals surface area contributed by atoms with E-state index in [1.807, 2.05) is 31.2 Å². The molecule has 17 heavy (non-hydrogen) atoms. The van der Waals surface area contributed by atoms with Crippen LogP contribution in [0.3, 0.4) is 0 Å². The number of hydrogen-bond acceptors (Lipinski definition) is 2. The fourth-order valence-corrected chi connectivity index (χ4v) is 1.28. The highest BCUT2D eigenvalue weighted by molar-refractivity contribution is 5.76. The molecule has 0 atom stereocenters. The molecule has 0 heterocycles. The summed E-state index contributed by atoms with van der Waals surface area (Å²) >= 11 is 0. The quantitative estimate of drug-likeness (QED) is 0.804. The zero-order valence-corrected chi connectivity index (χ0v) is 10.2. The number of carbonyl (C=O) groups excluding carboxylic acids is 1. The first-order valence-corrected chi connectivity index (χ1v) is 5.66. The summed E-state index contributed by atoms with van der Waals surface area (Å²) in [7, 11) is 1.63. The molecule has 1 rings (SSSR count). The highest BCUT2D eigenvalue weighted by Crippen LogP contribution is 2.09. The molecule has 0 bridgehead atoms. The van der Waals surface area contributed by atoms with Crippen LogP contribution >= 0.6 is 0 Å². The molecule has 0 spiro atoms. The zero-order chi connectivity index (χ0) is 12.5. The van der Waals surface area contributed by atoms with Gasteiger partial charge in [0.1, 0.15) is 5.75 Å². The smallest absolute Gasteiger partial charge is 0.220 e. The van der Waals surface area contributed by atoms with Crippen LogP contribution < -0.4 is 10.1 Å². The number of nitrogens with one attached hydrogen (secondary N) is 1. The number of rotatable bonds is 4. The Morgan fingerprint density at radius 1 is 1.35 bits per heavy atom. The molecule has 0 aromatic heterocycles. The lowest BCUT2D eigenvalue weighted by atomic mass is 10.2. The minimum Gasteiger partial charge on any atom is -0.497 e. The van der Waals surface area contributed by atoms with Crippen molar-refractivity contribution in [1.82, 2.24) is 5.32 Å². The Morgan fingerprint density at radius 2 is 2.06 bits per heavy atom. The normalized spacial score (nSPS) is 9.06. The van der Waals surface area contributed by atoms with E-state index in [9.17, 15) is 4.79 Å². The van der Waals surface area contributed by atoms with E-state index in [2.05, 4.69) is 17.2 Å². The van der Waals surface area contributed by atoms with Gasteiger partial charge < -0.3 is 10.1 Å². The molecule has 0 aliphatic heterocycles. The Hall–Kier alpha value is -1.95. The van der Waals surface area contributed by atoms with Gasteiger partial charge in [-0.15, -0.1) is 0 Å². The van der Waals surface area contributed by atoms with Crippen molar-refractivity contribution in [2.45, 2.75) is 19.8 Å². The predicted octanol–water partition coefficient (Wildman–Crippen LogP) is 1.96. The highest BCUT2D eigenvalue weighted by atomic mass is 16.5. The second-order valence-electron chi connectivity index (χ2n) is 3.56. The fraction of sp³-hybridized carbons (Fsp3) is 0.357. The lowest BCUT2D eigenvalue weighted by Crippen LogP contribution is -2.22. The number of ether oxygens (including phenoxy) is 1. The van der Waals surface area contributed by atoms with Crippen molar-refractivity contribution in [2.24, 2.45) is 0 Å². The molecule has 90 valence electrons. The molecule has 3 nitrogen and oxygen atoms in total. The van der Waals surface area contributed by atoms with E-state index in [1.165, 1.54) is 0 Å². The van der Waals surface area contributed by atoms with Crippen molar-refractivity contribution < 1.29 is 9.53 Å². The molecule has 1 aromatic rings. The van der Waals surface area contributed by atoms with E-state index in [0.717, 1.165) is 17.7 Å². The molecule has 3 heteroatoms. The molecule has 0 aliphatic carbocycles. The van der Waals surface area contributed by atoms with Gasteiger partial charge >= 0.3 is 0 Å². The van der Waals surface area contributed by atoms with Crippen molar-refractivity contribution in [3.05, 3.63) is 29.8 Å². The highest BCUT2D eigenvalue weighted by Gasteiger charge is 1.94. The minimum atomic E-state index is 0.0523. The zero-order valence-electron chi connectivity index (χ0n) is 10.2. The fourth-order valence-electron chi connectivity index (χ4n) is 1.28. The summed E-state index contributed by atoms with van der Waals surface area (Å²) < 4.78 is 5.05. The standard InChI is InChI=1S/C14H17NO2/c1-3-5-14(16)15-11-4-6-12-7-9-13(17-2)10-8-12/h7-10H,3,5,11H2,1-2H3,(H,15,16). The van der Waals surface area contributed by atoms with Crippen LogP contribution in [0.5, 0.6) is 5.75 Å². The largest absolute Gasteiger partial charge is 0.497 e. The Balaban J connectivity index is 2.40. The van der Waals surface area contributed by atoms with Crippen molar-refractivity contribution in [1.29, 1.82) is 0 Å². The topological polar surface area (TPSA) is 38.3 Å². The van der Waals surface area contributed by atoms with Crippen molar-refractivity contribution in [2.75, 3.05) is 13.7 Å². The van der Waals surface area contributed by atoms with Gasteiger partial charge in [-0.1, -0.05) is 18.8 Å². The molecule has 0 radical (unpaired) electrons. The molecular formula is C14H17NO2. The van der Waals surface area contributed by atoms with Crippen LogP contribution in [0.4, 0.5) is 0 Å². The first kappa shape index (κ1) is 13.1. The van der Waals surface area contributed by atoms with E-state index in [0.29, 0.717) is 13.0 Å². The minimum absolute atomic E-state index is 0.0523. The number of methoxy groups -OCH3 is 1. The van der Waals surface area contributed by atoms with Crippen LogP contribution in [0.15, 0.2) is 24.3 Å². The van der Waals surface area contributed by atoms with Gasteiger partial charge in [-0.3, -0.25) is 4.79 Å². The predicted molar refractivity (Wildman–Crippen MR) is 67.8 cm³/mol. The van der Waals surface area contributed by atoms with Crippen LogP contribution in [0.25, 0.3) is 0 Å². The third-order valence-electron chi connectivity index (χ3n) is 2.17. The van der Waals surface area contributed by atoms with Gasteiger partial charge in [0.15, 0.2) is 0 Å². The van der Waals surface area contributed by atoms with Crippen LogP contribution in [-0.4, -0.2) is 19.6 Å². The number of amides is 1. The van der Waals surface area contributed by atoms with Crippen LogP contribution in [0.2, 0.25) is 0 Å². The first-order chi connectivity index (χ1) is 8.26. The first-order valence-electron chi connectivity index (χ1n) is 5.66. The molecule has 0 unspecified atom stereocenters. The van der Waals surface area contributed by atoms with E-state index < -0.39 is 0 Å². The molecule has 0 saturated carbocycles. The Kier molecular flexibility index (Phi) is 5.67. The average Bonchev–Trinajstić information content (AvgIpc) is 2.36. The van der Waals surface area contributed by atoms with Crippen molar-refractivity contribution in [3.8, 4) is 17.6 Å². The molecule has 1 aromatic carbocycles. The van der Waals surface area contributed by atoms with E-state index in [1.54, 1.807) is 7.11 Å². The maximum absolute atomic E-state index is 11.1. The third-order valence-corrected chi connectivity index (χ3v) is 2.17. The third kappa shape index (κ3) is 5.07. The number of hydrogen-bond donors (Lipinski definition) is 1. The number of benzene rings is 1. The molecule has 0 saturated heterocycles. The molecule has 1 amide bonds. The second-order valence-corrected chi connectivity index (χ2v) is 3.56. The van der Waals surface area contributed by atoms with Gasteiger partial charge in [-0.2, -0.15) is 0 Å². The monoisotopic (exact) mass is 231 g/mol. The molecular weight excluding hydrogens is 214 g/mol. The maximum atomic E-state index is 11.1. The van der Waals surface area contributed by atoms with E-state index in [-0.39, 0.29) is 5.91 Å². The van der Waals surface area contributed by atoms with Gasteiger partial charge in [-0.25, -0.2) is 0 Å². The summed E-state index contributed by atoms with van der Waals surface area (Å²) in [5.41, 5.74) is 0.913. The summed E-state index contributed by atoms with van der Waals surface area (Å²) in [5, 5.41) is 2.74. The maximum Gasteiger partial charge on any atom is 0.220 e. The summed E-state index contributed by atoms with van der Waals surface area (Å²) in [6.07, 6.45) is 1.42. The lowest BCUT2D eigenvalue weighted by molar-refractivity contribution is -0.120. The SMILES string of the molecule is CCCC(=O)NCC#Cc1ccc(OC)cc1. The van der Waals surface area contributed by atoms with E-state index >= 15 is 0 Å². The Bertz CT molecular complexity index is 412. The summed E-state index contributed by atoms with van der Waals surface area (Å²) in [5.74, 6) is 6.74. The van der Waals surface area contributed by atoms with Crippen molar-refractivity contribution in [3.63, 3.8) is 0 Å². The molecule has 1 N–H and O–H groups in total. The average molecular weight is 231 g/mol. The lowest BCUT2D eigenvalue weighted by Gasteiger charge is -1.98. The van der Waals surface area contributed by atoms with Gasteiger partial charge in [0.2, 0.25) is 5.91 Å². The summed E-state index contributed by atoms with van der Waals surface area (Å²) in [6.45, 7) is 2.37. The van der Waals surface area contributed by atoms with Crippen LogP contribution in [0, 0.1) is 11.8 Å². The van der Waals surface area contributed by atoms with Crippen molar-refractivity contribution >= 4 is 5.91 Å². The van der Waals surface area contributed by atoms with Crippen LogP contribution in [0.1, 0.15) is 25.3 Å². The second kappa shape index (κ2) is 7.34.